The number of hydrogen-bond donors (Lipinski definition) is 1. The third kappa shape index (κ3) is 4.53. The van der Waals surface area contributed by atoms with Crippen LogP contribution in [0.4, 0.5) is 18.9 Å². The predicted molar refractivity (Wildman–Crippen MR) is 102 cm³/mol. The number of para-hydroxylation sites is 1. The number of thioether (sulfide) groups is 1. The van der Waals surface area contributed by atoms with Crippen LogP contribution in [0.15, 0.2) is 47.5 Å². The lowest BCUT2D eigenvalue weighted by Crippen LogP contribution is -2.16. The van der Waals surface area contributed by atoms with Crippen LogP contribution in [-0.2, 0) is 11.0 Å². The number of fused-ring (bicyclic) bond motifs is 1. The van der Waals surface area contributed by atoms with Gasteiger partial charge in [-0.05, 0) is 30.7 Å². The molecular weight excluding hydrogens is 391 g/mol. The first-order chi connectivity index (χ1) is 13.3. The van der Waals surface area contributed by atoms with Crippen molar-refractivity contribution < 1.29 is 22.7 Å². The zero-order chi connectivity index (χ0) is 20.3. The second-order valence-electron chi connectivity index (χ2n) is 5.91. The van der Waals surface area contributed by atoms with E-state index in [0.29, 0.717) is 16.8 Å². The average molecular weight is 407 g/mol. The van der Waals surface area contributed by atoms with E-state index >= 15 is 0 Å². The number of aryl methyl sites for hydroxylation is 1. The summed E-state index contributed by atoms with van der Waals surface area (Å²) in [7, 11) is 1.49. The number of hydrogen-bond acceptors (Lipinski definition) is 5. The second kappa shape index (κ2) is 8.05. The smallest absolute Gasteiger partial charge is 0.451 e. The first kappa shape index (κ1) is 19.9. The maximum absolute atomic E-state index is 13.1. The Balaban J connectivity index is 1.81. The van der Waals surface area contributed by atoms with Gasteiger partial charge in [0, 0.05) is 5.39 Å². The monoisotopic (exact) mass is 407 g/mol. The molecule has 0 spiro atoms. The van der Waals surface area contributed by atoms with Gasteiger partial charge in [-0.2, -0.15) is 13.2 Å². The van der Waals surface area contributed by atoms with Crippen LogP contribution in [-0.4, -0.2) is 28.7 Å². The molecule has 1 amide bonds. The van der Waals surface area contributed by atoms with Crippen molar-refractivity contribution in [3.63, 3.8) is 0 Å². The van der Waals surface area contributed by atoms with E-state index in [1.54, 1.807) is 30.3 Å². The normalized spacial score (nSPS) is 11.5. The minimum Gasteiger partial charge on any atom is -0.495 e. The van der Waals surface area contributed by atoms with E-state index < -0.39 is 12.0 Å². The number of rotatable bonds is 5. The van der Waals surface area contributed by atoms with Gasteiger partial charge >= 0.3 is 6.18 Å². The standard InChI is InChI=1S/C19H16F3N3O2S/c1-11-7-8-15(27-2)14(9-11)23-16(26)10-28-17-12-5-3-4-6-13(12)24-18(25-17)19(20,21)22/h3-9H,10H2,1-2H3,(H,23,26). The van der Waals surface area contributed by atoms with Gasteiger partial charge in [0.25, 0.3) is 0 Å². The van der Waals surface area contributed by atoms with E-state index in [9.17, 15) is 18.0 Å². The summed E-state index contributed by atoms with van der Waals surface area (Å²) in [6.07, 6.45) is -4.67. The Hall–Kier alpha value is -2.81. The summed E-state index contributed by atoms with van der Waals surface area (Å²) in [5.74, 6) is -1.23. The average Bonchev–Trinajstić information content (AvgIpc) is 2.65. The maximum Gasteiger partial charge on any atom is 0.451 e. The molecule has 0 aliphatic rings. The van der Waals surface area contributed by atoms with E-state index in [1.165, 1.54) is 13.2 Å². The van der Waals surface area contributed by atoms with Gasteiger partial charge < -0.3 is 10.1 Å². The molecule has 3 aromatic rings. The fraction of sp³-hybridized carbons (Fsp3) is 0.211. The molecule has 3 rings (SSSR count). The number of nitrogens with one attached hydrogen (secondary N) is 1. The highest BCUT2D eigenvalue weighted by atomic mass is 32.2. The third-order valence-corrected chi connectivity index (χ3v) is 4.78. The summed E-state index contributed by atoms with van der Waals surface area (Å²) >= 11 is 0.921. The Morgan fingerprint density at radius 2 is 1.93 bits per heavy atom. The number of alkyl halides is 3. The minimum atomic E-state index is -4.67. The van der Waals surface area contributed by atoms with Crippen molar-refractivity contribution in [1.82, 2.24) is 9.97 Å². The van der Waals surface area contributed by atoms with Crippen LogP contribution < -0.4 is 10.1 Å². The molecular formula is C19H16F3N3O2S. The van der Waals surface area contributed by atoms with Gasteiger partial charge in [-0.3, -0.25) is 4.79 Å². The first-order valence-corrected chi connectivity index (χ1v) is 9.18. The van der Waals surface area contributed by atoms with Gasteiger partial charge in [-0.25, -0.2) is 9.97 Å². The molecule has 0 saturated heterocycles. The third-order valence-electron chi connectivity index (χ3n) is 3.79. The van der Waals surface area contributed by atoms with Gasteiger partial charge in [-0.15, -0.1) is 0 Å². The second-order valence-corrected chi connectivity index (χ2v) is 6.87. The quantitative estimate of drug-likeness (QED) is 0.491. The van der Waals surface area contributed by atoms with Crippen molar-refractivity contribution in [3.05, 3.63) is 53.9 Å². The molecule has 0 atom stereocenters. The maximum atomic E-state index is 13.1. The summed E-state index contributed by atoms with van der Waals surface area (Å²) in [6, 6.07) is 11.7. The van der Waals surface area contributed by atoms with Crippen LogP contribution in [0.25, 0.3) is 10.9 Å². The van der Waals surface area contributed by atoms with Crippen molar-refractivity contribution in [3.8, 4) is 5.75 Å². The van der Waals surface area contributed by atoms with Gasteiger partial charge in [0.1, 0.15) is 10.8 Å². The van der Waals surface area contributed by atoms with E-state index in [0.717, 1.165) is 17.3 Å². The van der Waals surface area contributed by atoms with Crippen molar-refractivity contribution in [2.45, 2.75) is 18.1 Å². The van der Waals surface area contributed by atoms with Crippen LogP contribution in [0.3, 0.4) is 0 Å². The Kier molecular flexibility index (Phi) is 5.73. The Bertz CT molecular complexity index is 1020. The van der Waals surface area contributed by atoms with E-state index in [4.69, 9.17) is 4.74 Å². The summed E-state index contributed by atoms with van der Waals surface area (Å²) < 4.78 is 44.4. The van der Waals surface area contributed by atoms with Crippen LogP contribution in [0, 0.1) is 6.92 Å². The number of carbonyl (C=O) groups excluding carboxylic acids is 1. The van der Waals surface area contributed by atoms with Crippen LogP contribution in [0.1, 0.15) is 11.4 Å². The molecule has 2 aromatic carbocycles. The topological polar surface area (TPSA) is 64.1 Å². The van der Waals surface area contributed by atoms with Crippen molar-refractivity contribution in [1.29, 1.82) is 0 Å². The van der Waals surface area contributed by atoms with Gasteiger partial charge in [-0.1, -0.05) is 36.0 Å². The number of benzene rings is 2. The Labute approximate surface area is 163 Å². The molecule has 146 valence electrons. The highest BCUT2D eigenvalue weighted by molar-refractivity contribution is 8.00. The summed E-state index contributed by atoms with van der Waals surface area (Å²) in [5, 5.41) is 3.28. The molecule has 0 radical (unpaired) electrons. The highest BCUT2D eigenvalue weighted by Crippen LogP contribution is 2.32. The molecule has 5 nitrogen and oxygen atoms in total. The number of carbonyl (C=O) groups is 1. The SMILES string of the molecule is COc1ccc(C)cc1NC(=O)CSc1nc(C(F)(F)F)nc2ccccc12. The number of ether oxygens (including phenoxy) is 1. The first-order valence-electron chi connectivity index (χ1n) is 8.19. The van der Waals surface area contributed by atoms with Crippen molar-refractivity contribution in [2.75, 3.05) is 18.2 Å². The van der Waals surface area contributed by atoms with Crippen LogP contribution in [0.5, 0.6) is 5.75 Å². The van der Waals surface area contributed by atoms with Gasteiger partial charge in [0.15, 0.2) is 0 Å². The van der Waals surface area contributed by atoms with Gasteiger partial charge in [0.05, 0.1) is 24.1 Å². The Morgan fingerprint density at radius 3 is 2.64 bits per heavy atom. The minimum absolute atomic E-state index is 0.101. The van der Waals surface area contributed by atoms with Gasteiger partial charge in [0.2, 0.25) is 11.7 Å². The lowest BCUT2D eigenvalue weighted by atomic mass is 10.2. The molecule has 1 aromatic heterocycles. The van der Waals surface area contributed by atoms with Crippen LogP contribution >= 0.6 is 11.8 Å². The number of aromatic nitrogens is 2. The largest absolute Gasteiger partial charge is 0.495 e. The molecule has 9 heteroatoms. The summed E-state index contributed by atoms with van der Waals surface area (Å²) in [6.45, 7) is 1.87. The lowest BCUT2D eigenvalue weighted by Gasteiger charge is -2.12. The zero-order valence-corrected chi connectivity index (χ0v) is 15.8. The molecule has 0 aliphatic heterocycles. The van der Waals surface area contributed by atoms with Crippen molar-refractivity contribution >= 4 is 34.3 Å². The molecule has 0 aliphatic carbocycles. The fourth-order valence-corrected chi connectivity index (χ4v) is 3.34. The molecule has 28 heavy (non-hydrogen) atoms. The van der Waals surface area contributed by atoms with E-state index in [1.807, 2.05) is 13.0 Å². The number of methoxy groups -OCH3 is 1. The molecule has 1 heterocycles. The molecule has 1 N–H and O–H groups in total. The predicted octanol–water partition coefficient (Wildman–Crippen LogP) is 4.70. The molecule has 0 saturated carbocycles. The number of amides is 1. The molecule has 0 unspecified atom stereocenters. The fourth-order valence-electron chi connectivity index (χ4n) is 2.52. The summed E-state index contributed by atoms with van der Waals surface area (Å²) in [4.78, 5) is 19.5. The molecule has 0 bridgehead atoms. The number of nitrogens with zero attached hydrogens (tertiary/aromatic N) is 2. The van der Waals surface area contributed by atoms with E-state index in [2.05, 4.69) is 15.3 Å². The van der Waals surface area contributed by atoms with Crippen LogP contribution in [0.2, 0.25) is 0 Å². The lowest BCUT2D eigenvalue weighted by molar-refractivity contribution is -0.145. The molecule has 0 fully saturated rings. The highest BCUT2D eigenvalue weighted by Gasteiger charge is 2.35. The van der Waals surface area contributed by atoms with Crippen molar-refractivity contribution in [2.24, 2.45) is 0 Å². The number of anilines is 1. The zero-order valence-electron chi connectivity index (χ0n) is 15.0. The number of halogens is 3. The Morgan fingerprint density at radius 1 is 1.18 bits per heavy atom. The summed E-state index contributed by atoms with van der Waals surface area (Å²) in [5.41, 5.74) is 1.60. The van der Waals surface area contributed by atoms with E-state index in [-0.39, 0.29) is 22.2 Å².